The van der Waals surface area contributed by atoms with E-state index in [-0.39, 0.29) is 23.2 Å². The molecule has 7 nitrogen and oxygen atoms in total. The van der Waals surface area contributed by atoms with Crippen LogP contribution in [0, 0.1) is 0 Å². The van der Waals surface area contributed by atoms with Crippen molar-refractivity contribution in [2.24, 2.45) is 0 Å². The van der Waals surface area contributed by atoms with Gasteiger partial charge in [0, 0.05) is 61.6 Å². The summed E-state index contributed by atoms with van der Waals surface area (Å²) in [5, 5.41) is 5.69. The molecule has 0 saturated heterocycles. The average Bonchev–Trinajstić information content (AvgIpc) is 4.10. The van der Waals surface area contributed by atoms with Crippen LogP contribution in [0.4, 0.5) is 22.7 Å². The Labute approximate surface area is 432 Å². The van der Waals surface area contributed by atoms with E-state index in [2.05, 4.69) is 267 Å². The first-order chi connectivity index (χ1) is 35.9. The molecule has 6 heterocycles. The normalized spacial score (nSPS) is 14.8. The summed E-state index contributed by atoms with van der Waals surface area (Å²) in [7, 11) is 0. The lowest BCUT2D eigenvalue weighted by Gasteiger charge is -2.46. The lowest BCUT2D eigenvalue weighted by Crippen LogP contribution is -2.53. The fraction of sp³-hybridized carbons (Fsp3) is 0.152. The van der Waals surface area contributed by atoms with Gasteiger partial charge in [-0.05, 0) is 112 Å². The summed E-state index contributed by atoms with van der Waals surface area (Å²) in [6, 6.07) is 72.2. The highest BCUT2D eigenvalue weighted by atomic mass is 16.5. The van der Waals surface area contributed by atoms with E-state index in [0.717, 1.165) is 89.5 Å². The molecule has 2 aliphatic rings. The molecule has 14 rings (SSSR count). The zero-order chi connectivity index (χ0) is 50.3. The quantitative estimate of drug-likeness (QED) is 0.118. The molecule has 0 fully saturated rings. The van der Waals surface area contributed by atoms with Crippen molar-refractivity contribution in [2.45, 2.75) is 64.7 Å². The number of ether oxygens (including phenoxy) is 1. The molecule has 0 atom stereocenters. The topological polar surface area (TPSA) is 50.8 Å². The second-order valence-electron chi connectivity index (χ2n) is 22.3. The number of anilines is 4. The van der Waals surface area contributed by atoms with Crippen molar-refractivity contribution < 1.29 is 4.74 Å². The van der Waals surface area contributed by atoms with Gasteiger partial charge in [-0.3, -0.25) is 8.97 Å². The van der Waals surface area contributed by atoms with Crippen molar-refractivity contribution in [1.29, 1.82) is 0 Å². The number of benzene rings is 8. The highest BCUT2D eigenvalue weighted by Gasteiger charge is 2.48. The van der Waals surface area contributed by atoms with E-state index in [1.807, 2.05) is 6.20 Å². The second kappa shape index (κ2) is 15.9. The molecule has 8 heteroatoms. The second-order valence-corrected chi connectivity index (χ2v) is 22.3. The predicted octanol–water partition coefficient (Wildman–Crippen LogP) is 16.1. The molecule has 2 aliphatic heterocycles. The van der Waals surface area contributed by atoms with Crippen LogP contribution in [0.5, 0.6) is 11.5 Å². The maximum atomic E-state index is 7.04. The number of hydrogen-bond donors (Lipinski definition) is 0. The van der Waals surface area contributed by atoms with Crippen LogP contribution in [-0.2, 0) is 16.2 Å². The first-order valence-corrected chi connectivity index (χ1v) is 25.8. The molecule has 0 amide bonds. The fourth-order valence-electron chi connectivity index (χ4n) is 12.3. The van der Waals surface area contributed by atoms with Gasteiger partial charge in [0.2, 0.25) is 0 Å². The number of aromatic nitrogens is 4. The molecule has 12 aromatic rings. The van der Waals surface area contributed by atoms with Crippen molar-refractivity contribution in [3.63, 3.8) is 0 Å². The maximum Gasteiger partial charge on any atom is 0.420 e. The van der Waals surface area contributed by atoms with E-state index in [1.54, 1.807) is 0 Å². The first-order valence-electron chi connectivity index (χ1n) is 25.8. The van der Waals surface area contributed by atoms with E-state index in [4.69, 9.17) is 14.7 Å². The summed E-state index contributed by atoms with van der Waals surface area (Å²) in [6.07, 6.45) is 1.95. The Hall–Kier alpha value is -8.62. The molecular formula is C66H55BN6O. The van der Waals surface area contributed by atoms with Crippen LogP contribution < -0.4 is 19.8 Å². The SMILES string of the molecule is CC(C)(C)c1ccnc(-n2c3ccc(B4N(c5ccccc5)c5ccccc5N4c4ccccc4)cc3c3ccc(Oc4ccc5c(c4)c4nc(-c6ccccc6)c6n4c4c(cccc54)C(C)(C)C6(C)C)cc32)c1. The smallest absolute Gasteiger partial charge is 0.420 e. The molecule has 0 radical (unpaired) electrons. The molecule has 0 N–H and O–H groups in total. The van der Waals surface area contributed by atoms with E-state index in [9.17, 15) is 0 Å². The number of nitrogens with zero attached hydrogens (tertiary/aromatic N) is 6. The Morgan fingerprint density at radius 3 is 1.82 bits per heavy atom. The Morgan fingerprint density at radius 1 is 0.514 bits per heavy atom. The van der Waals surface area contributed by atoms with Gasteiger partial charge in [0.25, 0.3) is 0 Å². The van der Waals surface area contributed by atoms with Crippen LogP contribution in [0.3, 0.4) is 0 Å². The van der Waals surface area contributed by atoms with Gasteiger partial charge in [-0.25, -0.2) is 9.97 Å². The number of hydrogen-bond acceptors (Lipinski definition) is 5. The third-order valence-electron chi connectivity index (χ3n) is 16.6. The zero-order valence-corrected chi connectivity index (χ0v) is 42.8. The number of para-hydroxylation sites is 5. The van der Waals surface area contributed by atoms with Gasteiger partial charge >= 0.3 is 6.98 Å². The third kappa shape index (κ3) is 6.40. The Morgan fingerprint density at radius 2 is 1.15 bits per heavy atom. The minimum Gasteiger partial charge on any atom is -0.457 e. The number of pyridine rings is 2. The van der Waals surface area contributed by atoms with Crippen LogP contribution in [0.1, 0.15) is 65.3 Å². The summed E-state index contributed by atoms with van der Waals surface area (Å²) in [5.74, 6) is 2.35. The van der Waals surface area contributed by atoms with Crippen molar-refractivity contribution in [3.8, 4) is 28.6 Å². The summed E-state index contributed by atoms with van der Waals surface area (Å²) < 4.78 is 11.8. The maximum absolute atomic E-state index is 7.04. The Balaban J connectivity index is 0.953. The first kappa shape index (κ1) is 44.1. The van der Waals surface area contributed by atoms with Gasteiger partial charge in [-0.2, -0.15) is 0 Å². The van der Waals surface area contributed by atoms with Crippen molar-refractivity contribution in [1.82, 2.24) is 18.9 Å². The monoisotopic (exact) mass is 958 g/mol. The van der Waals surface area contributed by atoms with E-state index in [1.165, 1.54) is 33.2 Å². The van der Waals surface area contributed by atoms with Crippen molar-refractivity contribution in [2.75, 3.05) is 9.62 Å². The molecule has 0 unspecified atom stereocenters. The van der Waals surface area contributed by atoms with E-state index < -0.39 is 0 Å². The number of fused-ring (bicyclic) bond motifs is 7. The zero-order valence-electron chi connectivity index (χ0n) is 42.8. The van der Waals surface area contributed by atoms with Crippen LogP contribution in [-0.4, -0.2) is 25.9 Å². The molecule has 4 aromatic heterocycles. The lowest BCUT2D eigenvalue weighted by atomic mass is 9.60. The predicted molar refractivity (Wildman–Crippen MR) is 308 cm³/mol. The average molecular weight is 959 g/mol. The molecule has 0 spiro atoms. The van der Waals surface area contributed by atoms with Gasteiger partial charge in [0.05, 0.1) is 39.3 Å². The van der Waals surface area contributed by atoms with Crippen LogP contribution in [0.15, 0.2) is 206 Å². The molecular weight excluding hydrogens is 904 g/mol. The van der Waals surface area contributed by atoms with Gasteiger partial charge in [0.15, 0.2) is 0 Å². The van der Waals surface area contributed by atoms with Crippen LogP contribution in [0.25, 0.3) is 66.2 Å². The summed E-state index contributed by atoms with van der Waals surface area (Å²) in [5.41, 5.74) is 15.5. The minimum atomic E-state index is -0.235. The van der Waals surface area contributed by atoms with Gasteiger partial charge in [-0.1, -0.05) is 158 Å². The summed E-state index contributed by atoms with van der Waals surface area (Å²) in [6.45, 7) is 16.1. The highest BCUT2D eigenvalue weighted by Crippen LogP contribution is 2.54. The molecule has 0 aliphatic carbocycles. The summed E-state index contributed by atoms with van der Waals surface area (Å²) in [4.78, 5) is 15.6. The Bertz CT molecular complexity index is 4160. The van der Waals surface area contributed by atoms with Crippen molar-refractivity contribution in [3.05, 3.63) is 223 Å². The molecule has 74 heavy (non-hydrogen) atoms. The fourth-order valence-corrected chi connectivity index (χ4v) is 12.3. The molecule has 0 bridgehead atoms. The van der Waals surface area contributed by atoms with Gasteiger partial charge in [-0.15, -0.1) is 0 Å². The largest absolute Gasteiger partial charge is 0.457 e. The van der Waals surface area contributed by atoms with Crippen molar-refractivity contribution >= 4 is 84.3 Å². The standard InChI is InChI=1S/C66H55BN6O/c1-64(2,3)43-36-37-68-59(38-43)70-55-35-30-44(67-72(45-22-13-9-14-23-45)56-28-17-18-29-57(56)73(67)46-24-15-10-16-25-46)39-52(55)50-34-32-48(41-58(50)70)74-47-31-33-49-51-26-19-27-54-61(51)71-62(66(6,7)65(54,4)5)60(42-20-11-8-12-21-42)69-63(71)53(49)40-47/h8-41H,1-7H3. The van der Waals surface area contributed by atoms with Gasteiger partial charge < -0.3 is 14.4 Å². The molecule has 358 valence electrons. The molecule has 8 aromatic carbocycles. The van der Waals surface area contributed by atoms with Crippen LogP contribution >= 0.6 is 0 Å². The minimum absolute atomic E-state index is 0.0758. The number of rotatable bonds is 7. The van der Waals surface area contributed by atoms with Crippen LogP contribution in [0.2, 0.25) is 0 Å². The van der Waals surface area contributed by atoms with E-state index in [0.29, 0.717) is 0 Å². The Kier molecular flexibility index (Phi) is 9.50. The van der Waals surface area contributed by atoms with E-state index >= 15 is 0 Å². The lowest BCUT2D eigenvalue weighted by molar-refractivity contribution is 0.289. The highest BCUT2D eigenvalue weighted by molar-refractivity contribution is 6.84. The third-order valence-corrected chi connectivity index (χ3v) is 16.6. The number of imidazole rings is 1. The molecule has 0 saturated carbocycles. The summed E-state index contributed by atoms with van der Waals surface area (Å²) >= 11 is 0. The van der Waals surface area contributed by atoms with Gasteiger partial charge in [0.1, 0.15) is 23.0 Å².